The van der Waals surface area contributed by atoms with Crippen LogP contribution in [0.4, 0.5) is 0 Å². The molecule has 0 aromatic carbocycles. The lowest BCUT2D eigenvalue weighted by Gasteiger charge is -2.34. The molecule has 2 heterocycles. The lowest BCUT2D eigenvalue weighted by molar-refractivity contribution is -0.138. The van der Waals surface area contributed by atoms with Gasteiger partial charge in [-0.3, -0.25) is 9.78 Å². The number of dihydropyridines is 1. The molecule has 0 unspecified atom stereocenters. The van der Waals surface area contributed by atoms with Crippen LogP contribution in [0.25, 0.3) is 0 Å². The van der Waals surface area contributed by atoms with Gasteiger partial charge in [-0.2, -0.15) is 0 Å². The molecular formula is C18H20N2O3. The molecule has 1 aromatic heterocycles. The van der Waals surface area contributed by atoms with Gasteiger partial charge >= 0.3 is 5.97 Å². The molecule has 1 aromatic rings. The van der Waals surface area contributed by atoms with Gasteiger partial charge in [-0.15, -0.1) is 0 Å². The summed E-state index contributed by atoms with van der Waals surface area (Å²) in [6.07, 6.45) is 5.56. The normalized spacial score (nSPS) is 21.0. The number of aromatic nitrogens is 1. The molecule has 0 radical (unpaired) electrons. The van der Waals surface area contributed by atoms with Crippen LogP contribution in [0.1, 0.15) is 44.6 Å². The summed E-state index contributed by atoms with van der Waals surface area (Å²) in [5.41, 5.74) is 3.82. The van der Waals surface area contributed by atoms with Gasteiger partial charge in [0.2, 0.25) is 0 Å². The summed E-state index contributed by atoms with van der Waals surface area (Å²) < 4.78 is 5.23. The Kier molecular flexibility index (Phi) is 4.28. The maximum Gasteiger partial charge on any atom is 0.336 e. The first-order chi connectivity index (χ1) is 11.1. The lowest BCUT2D eigenvalue weighted by atomic mass is 9.75. The lowest BCUT2D eigenvalue weighted by Crippen LogP contribution is -2.34. The predicted molar refractivity (Wildman–Crippen MR) is 85.3 cm³/mol. The van der Waals surface area contributed by atoms with Gasteiger partial charge in [0.15, 0.2) is 5.78 Å². The van der Waals surface area contributed by atoms with Crippen LogP contribution in [0.5, 0.6) is 0 Å². The van der Waals surface area contributed by atoms with Crippen molar-refractivity contribution in [2.45, 2.75) is 39.0 Å². The Morgan fingerprint density at radius 2 is 2.09 bits per heavy atom. The highest BCUT2D eigenvalue weighted by Crippen LogP contribution is 2.42. The molecule has 23 heavy (non-hydrogen) atoms. The Balaban J connectivity index is 2.15. The van der Waals surface area contributed by atoms with Gasteiger partial charge in [0.05, 0.1) is 12.2 Å². The molecule has 0 saturated heterocycles. The first-order valence-electron chi connectivity index (χ1n) is 7.94. The summed E-state index contributed by atoms with van der Waals surface area (Å²) in [5.74, 6) is -0.639. The Morgan fingerprint density at radius 3 is 2.78 bits per heavy atom. The van der Waals surface area contributed by atoms with Crippen LogP contribution in [0.2, 0.25) is 0 Å². The highest BCUT2D eigenvalue weighted by atomic mass is 16.5. The van der Waals surface area contributed by atoms with Crippen LogP contribution < -0.4 is 5.32 Å². The van der Waals surface area contributed by atoms with Crippen LogP contribution in [0.15, 0.2) is 47.1 Å². The van der Waals surface area contributed by atoms with E-state index in [1.807, 2.05) is 19.1 Å². The SMILES string of the molecule is CCOC(=O)C1=C(C)NC2=C(C(=O)CCC2)[C@H]1c1ccncc1. The molecule has 1 N–H and O–H groups in total. The molecule has 1 aliphatic heterocycles. The summed E-state index contributed by atoms with van der Waals surface area (Å²) in [6, 6.07) is 3.71. The quantitative estimate of drug-likeness (QED) is 0.869. The van der Waals surface area contributed by atoms with Gasteiger partial charge in [0, 0.05) is 41.7 Å². The van der Waals surface area contributed by atoms with Gasteiger partial charge in [-0.25, -0.2) is 4.79 Å². The van der Waals surface area contributed by atoms with E-state index in [4.69, 9.17) is 4.74 Å². The van der Waals surface area contributed by atoms with Crippen molar-refractivity contribution in [2.75, 3.05) is 6.61 Å². The van der Waals surface area contributed by atoms with Gasteiger partial charge in [-0.05, 0) is 44.4 Å². The number of Topliss-reactive ketones (excluding diaryl/α,β-unsaturated/α-hetero) is 1. The number of esters is 1. The second kappa shape index (κ2) is 6.36. The fraction of sp³-hybridized carbons (Fsp3) is 0.389. The number of carbonyl (C=O) groups excluding carboxylic acids is 2. The Hall–Kier alpha value is -2.43. The summed E-state index contributed by atoms with van der Waals surface area (Å²) in [7, 11) is 0. The molecule has 2 aliphatic rings. The first-order valence-corrected chi connectivity index (χ1v) is 7.94. The van der Waals surface area contributed by atoms with Gasteiger partial charge < -0.3 is 10.1 Å². The maximum absolute atomic E-state index is 12.6. The molecule has 5 nitrogen and oxygen atoms in total. The van der Waals surface area contributed by atoms with E-state index in [0.717, 1.165) is 29.8 Å². The van der Waals surface area contributed by atoms with Crippen LogP contribution >= 0.6 is 0 Å². The minimum Gasteiger partial charge on any atom is -0.463 e. The number of rotatable bonds is 3. The van der Waals surface area contributed by atoms with E-state index >= 15 is 0 Å². The summed E-state index contributed by atoms with van der Waals surface area (Å²) in [6.45, 7) is 3.95. The number of allylic oxidation sites excluding steroid dienone is 3. The minimum absolute atomic E-state index is 0.106. The Labute approximate surface area is 135 Å². The zero-order valence-electron chi connectivity index (χ0n) is 13.4. The van der Waals surface area contributed by atoms with Gasteiger partial charge in [-0.1, -0.05) is 0 Å². The largest absolute Gasteiger partial charge is 0.463 e. The third-order valence-corrected chi connectivity index (χ3v) is 4.31. The van der Waals surface area contributed by atoms with Crippen molar-refractivity contribution in [1.29, 1.82) is 0 Å². The second-order valence-electron chi connectivity index (χ2n) is 5.77. The van der Waals surface area contributed by atoms with Crippen molar-refractivity contribution in [3.05, 3.63) is 52.6 Å². The predicted octanol–water partition coefficient (Wildman–Crippen LogP) is 2.61. The number of carbonyl (C=O) groups is 2. The average Bonchev–Trinajstić information content (AvgIpc) is 2.54. The van der Waals surface area contributed by atoms with Crippen LogP contribution in [0, 0.1) is 0 Å². The molecule has 5 heteroatoms. The summed E-state index contributed by atoms with van der Waals surface area (Å²) in [4.78, 5) is 29.1. The second-order valence-corrected chi connectivity index (χ2v) is 5.77. The molecule has 0 bridgehead atoms. The van der Waals surface area contributed by atoms with Crippen molar-refractivity contribution >= 4 is 11.8 Å². The van der Waals surface area contributed by atoms with E-state index in [-0.39, 0.29) is 17.7 Å². The highest BCUT2D eigenvalue weighted by Gasteiger charge is 2.38. The van der Waals surface area contributed by atoms with Gasteiger partial charge in [0.25, 0.3) is 0 Å². The molecule has 120 valence electrons. The number of ether oxygens (including phenoxy) is 1. The number of nitrogens with one attached hydrogen (secondary N) is 1. The van der Waals surface area contributed by atoms with Crippen LogP contribution in [0.3, 0.4) is 0 Å². The van der Waals surface area contributed by atoms with E-state index in [9.17, 15) is 9.59 Å². The number of hydrogen-bond donors (Lipinski definition) is 1. The summed E-state index contributed by atoms with van der Waals surface area (Å²) in [5, 5.41) is 3.26. The molecule has 0 fully saturated rings. The smallest absolute Gasteiger partial charge is 0.336 e. The number of pyridine rings is 1. The molecule has 1 atom stereocenters. The standard InChI is InChI=1S/C18H20N2O3/c1-3-23-18(22)15-11(2)20-13-5-4-6-14(21)17(13)16(15)12-7-9-19-10-8-12/h7-10,16,20H,3-6H2,1-2H3/t16-/m0/s1. The van der Waals surface area contributed by atoms with E-state index in [1.165, 1.54) is 0 Å². The topological polar surface area (TPSA) is 68.3 Å². The van der Waals surface area contributed by atoms with Crippen molar-refractivity contribution in [3.8, 4) is 0 Å². The number of ketones is 1. The van der Waals surface area contributed by atoms with E-state index in [2.05, 4.69) is 10.3 Å². The van der Waals surface area contributed by atoms with Crippen molar-refractivity contribution in [2.24, 2.45) is 0 Å². The first kappa shape index (κ1) is 15.5. The summed E-state index contributed by atoms with van der Waals surface area (Å²) >= 11 is 0. The van der Waals surface area contributed by atoms with E-state index < -0.39 is 0 Å². The van der Waals surface area contributed by atoms with Crippen LogP contribution in [-0.2, 0) is 14.3 Å². The van der Waals surface area contributed by atoms with E-state index in [0.29, 0.717) is 24.2 Å². The number of nitrogens with zero attached hydrogens (tertiary/aromatic N) is 1. The molecule has 0 spiro atoms. The third kappa shape index (κ3) is 2.79. The third-order valence-electron chi connectivity index (χ3n) is 4.31. The zero-order chi connectivity index (χ0) is 16.4. The van der Waals surface area contributed by atoms with E-state index in [1.54, 1.807) is 19.3 Å². The number of hydrogen-bond acceptors (Lipinski definition) is 5. The Morgan fingerprint density at radius 1 is 1.35 bits per heavy atom. The zero-order valence-corrected chi connectivity index (χ0v) is 13.4. The Bertz CT molecular complexity index is 704. The highest BCUT2D eigenvalue weighted by molar-refractivity contribution is 6.03. The monoisotopic (exact) mass is 312 g/mol. The maximum atomic E-state index is 12.6. The fourth-order valence-corrected chi connectivity index (χ4v) is 3.35. The molecule has 3 rings (SSSR count). The molecular weight excluding hydrogens is 292 g/mol. The van der Waals surface area contributed by atoms with Crippen LogP contribution in [-0.4, -0.2) is 23.3 Å². The molecule has 1 aliphatic carbocycles. The molecule has 0 saturated carbocycles. The molecule has 0 amide bonds. The van der Waals surface area contributed by atoms with Crippen molar-refractivity contribution in [1.82, 2.24) is 10.3 Å². The minimum atomic E-state index is -0.374. The fourth-order valence-electron chi connectivity index (χ4n) is 3.35. The van der Waals surface area contributed by atoms with Crippen molar-refractivity contribution < 1.29 is 14.3 Å². The van der Waals surface area contributed by atoms with Gasteiger partial charge in [0.1, 0.15) is 0 Å². The van der Waals surface area contributed by atoms with Crippen molar-refractivity contribution in [3.63, 3.8) is 0 Å². The average molecular weight is 312 g/mol.